The Morgan fingerprint density at radius 1 is 0.356 bits per heavy atom. The zero-order chi connectivity index (χ0) is 43.3. The van der Waals surface area contributed by atoms with E-state index >= 15 is 0 Å². The molecular formula is C53H102O6. The second-order valence-corrected chi connectivity index (χ2v) is 18.9. The van der Waals surface area contributed by atoms with E-state index < -0.39 is 6.10 Å². The first-order chi connectivity index (χ1) is 28.8. The summed E-state index contributed by atoms with van der Waals surface area (Å²) in [6.45, 7) is 11.3. The van der Waals surface area contributed by atoms with Gasteiger partial charge in [0.1, 0.15) is 13.2 Å². The predicted molar refractivity (Wildman–Crippen MR) is 252 cm³/mol. The number of hydrogen-bond donors (Lipinski definition) is 0. The summed E-state index contributed by atoms with van der Waals surface area (Å²) in [7, 11) is 0. The third-order valence-electron chi connectivity index (χ3n) is 12.3. The normalized spacial score (nSPS) is 12.5. The SMILES string of the molecule is CCCCCCCCCCCCCCCCCCCCC(=O)O[C@H](COC(=O)CCCCCCCCCCC(C)C)COC(=O)CCCCCCCCCCC(C)CC. The van der Waals surface area contributed by atoms with Crippen molar-refractivity contribution in [2.45, 2.75) is 298 Å². The van der Waals surface area contributed by atoms with Gasteiger partial charge >= 0.3 is 17.9 Å². The van der Waals surface area contributed by atoms with Crippen molar-refractivity contribution in [3.63, 3.8) is 0 Å². The van der Waals surface area contributed by atoms with Crippen LogP contribution >= 0.6 is 0 Å². The minimum Gasteiger partial charge on any atom is -0.462 e. The first-order valence-electron chi connectivity index (χ1n) is 26.3. The van der Waals surface area contributed by atoms with E-state index in [0.717, 1.165) is 69.6 Å². The van der Waals surface area contributed by atoms with Gasteiger partial charge in [-0.1, -0.05) is 253 Å². The largest absolute Gasteiger partial charge is 0.462 e. The van der Waals surface area contributed by atoms with E-state index in [-0.39, 0.29) is 31.1 Å². The average molecular weight is 835 g/mol. The molecule has 0 heterocycles. The summed E-state index contributed by atoms with van der Waals surface area (Å²) in [6, 6.07) is 0. The van der Waals surface area contributed by atoms with Crippen molar-refractivity contribution in [1.29, 1.82) is 0 Å². The van der Waals surface area contributed by atoms with Gasteiger partial charge in [-0.2, -0.15) is 0 Å². The van der Waals surface area contributed by atoms with Crippen molar-refractivity contribution in [3.05, 3.63) is 0 Å². The quantitative estimate of drug-likeness (QED) is 0.0345. The van der Waals surface area contributed by atoms with E-state index in [9.17, 15) is 14.4 Å². The standard InChI is InChI=1S/C53H102O6/c1-6-8-9-10-11-12-13-14-15-16-17-18-19-20-21-30-35-40-45-53(56)59-50(46-57-51(54)43-38-33-28-24-22-26-31-36-41-48(3)4)47-58-52(55)44-39-34-29-25-23-27-32-37-42-49(5)7-2/h48-50H,6-47H2,1-5H3/t49?,50-/m1/s1. The summed E-state index contributed by atoms with van der Waals surface area (Å²) in [5, 5.41) is 0. The molecule has 0 aromatic heterocycles. The lowest BCUT2D eigenvalue weighted by atomic mass is 9.99. The van der Waals surface area contributed by atoms with Crippen LogP contribution in [0.25, 0.3) is 0 Å². The van der Waals surface area contributed by atoms with E-state index in [2.05, 4.69) is 34.6 Å². The van der Waals surface area contributed by atoms with Crippen LogP contribution in [0.15, 0.2) is 0 Å². The molecular weight excluding hydrogens is 733 g/mol. The monoisotopic (exact) mass is 835 g/mol. The lowest BCUT2D eigenvalue weighted by molar-refractivity contribution is -0.167. The lowest BCUT2D eigenvalue weighted by Crippen LogP contribution is -2.30. The highest BCUT2D eigenvalue weighted by Crippen LogP contribution is 2.18. The molecule has 6 heteroatoms. The maximum absolute atomic E-state index is 12.8. The number of ether oxygens (including phenoxy) is 3. The van der Waals surface area contributed by atoms with Crippen molar-refractivity contribution in [2.75, 3.05) is 13.2 Å². The highest BCUT2D eigenvalue weighted by molar-refractivity contribution is 5.71. The summed E-state index contributed by atoms with van der Waals surface area (Å²) in [5.74, 6) is 0.793. The maximum Gasteiger partial charge on any atom is 0.306 e. The zero-order valence-electron chi connectivity index (χ0n) is 40.4. The molecule has 0 rings (SSSR count). The van der Waals surface area contributed by atoms with Gasteiger partial charge in [-0.15, -0.1) is 0 Å². The molecule has 0 aromatic carbocycles. The van der Waals surface area contributed by atoms with Gasteiger partial charge in [0.2, 0.25) is 0 Å². The molecule has 0 radical (unpaired) electrons. The zero-order valence-corrected chi connectivity index (χ0v) is 40.4. The third kappa shape index (κ3) is 45.8. The summed E-state index contributed by atoms with van der Waals surface area (Å²) in [4.78, 5) is 37.9. The minimum atomic E-state index is -0.762. The summed E-state index contributed by atoms with van der Waals surface area (Å²) in [5.41, 5.74) is 0. The Kier molecular flexibility index (Phi) is 44.7. The molecule has 1 unspecified atom stereocenters. The second-order valence-electron chi connectivity index (χ2n) is 18.9. The van der Waals surface area contributed by atoms with E-state index in [4.69, 9.17) is 14.2 Å². The van der Waals surface area contributed by atoms with Crippen molar-refractivity contribution >= 4 is 17.9 Å². The van der Waals surface area contributed by atoms with E-state index in [1.165, 1.54) is 180 Å². The Morgan fingerprint density at radius 3 is 0.966 bits per heavy atom. The molecule has 350 valence electrons. The fourth-order valence-corrected chi connectivity index (χ4v) is 7.96. The Morgan fingerprint density at radius 2 is 0.644 bits per heavy atom. The molecule has 0 aliphatic carbocycles. The van der Waals surface area contributed by atoms with Gasteiger partial charge in [0, 0.05) is 19.3 Å². The maximum atomic E-state index is 12.8. The Bertz CT molecular complexity index is 902. The van der Waals surface area contributed by atoms with Gasteiger partial charge in [-0.05, 0) is 31.1 Å². The molecule has 0 saturated carbocycles. The summed E-state index contributed by atoms with van der Waals surface area (Å²) < 4.78 is 16.8. The van der Waals surface area contributed by atoms with E-state index in [1.807, 2.05) is 0 Å². The van der Waals surface area contributed by atoms with Gasteiger partial charge in [0.15, 0.2) is 6.10 Å². The fourth-order valence-electron chi connectivity index (χ4n) is 7.96. The third-order valence-corrected chi connectivity index (χ3v) is 12.3. The topological polar surface area (TPSA) is 78.9 Å². The molecule has 0 aliphatic rings. The number of hydrogen-bond acceptors (Lipinski definition) is 6. The van der Waals surface area contributed by atoms with Gasteiger partial charge in [0.05, 0.1) is 0 Å². The van der Waals surface area contributed by atoms with Crippen LogP contribution in [0.2, 0.25) is 0 Å². The van der Waals surface area contributed by atoms with E-state index in [1.54, 1.807) is 0 Å². The van der Waals surface area contributed by atoms with Gasteiger partial charge < -0.3 is 14.2 Å². The summed E-state index contributed by atoms with van der Waals surface area (Å²) in [6.07, 6.45) is 46.6. The number of carbonyl (C=O) groups excluding carboxylic acids is 3. The number of rotatable bonds is 47. The molecule has 0 aromatic rings. The van der Waals surface area contributed by atoms with Crippen molar-refractivity contribution in [2.24, 2.45) is 11.8 Å². The summed E-state index contributed by atoms with van der Waals surface area (Å²) >= 11 is 0. The van der Waals surface area contributed by atoms with Gasteiger partial charge in [-0.3, -0.25) is 14.4 Å². The van der Waals surface area contributed by atoms with Crippen molar-refractivity contribution in [1.82, 2.24) is 0 Å². The molecule has 0 amide bonds. The van der Waals surface area contributed by atoms with Gasteiger partial charge in [-0.25, -0.2) is 0 Å². The van der Waals surface area contributed by atoms with Gasteiger partial charge in [0.25, 0.3) is 0 Å². The minimum absolute atomic E-state index is 0.0647. The molecule has 2 atom stereocenters. The highest BCUT2D eigenvalue weighted by atomic mass is 16.6. The molecule has 6 nitrogen and oxygen atoms in total. The molecule has 0 aliphatic heterocycles. The van der Waals surface area contributed by atoms with Crippen molar-refractivity contribution in [3.8, 4) is 0 Å². The lowest BCUT2D eigenvalue weighted by Gasteiger charge is -2.18. The number of carbonyl (C=O) groups is 3. The smallest absolute Gasteiger partial charge is 0.306 e. The average Bonchev–Trinajstić information content (AvgIpc) is 3.22. The highest BCUT2D eigenvalue weighted by Gasteiger charge is 2.19. The molecule has 0 spiro atoms. The van der Waals surface area contributed by atoms with Crippen LogP contribution in [0.1, 0.15) is 291 Å². The number of esters is 3. The molecule has 0 N–H and O–H groups in total. The van der Waals surface area contributed by atoms with Crippen LogP contribution in [-0.2, 0) is 28.6 Å². The Labute approximate surface area is 368 Å². The number of unbranched alkanes of at least 4 members (excludes halogenated alkanes) is 31. The fraction of sp³-hybridized carbons (Fsp3) is 0.943. The first kappa shape index (κ1) is 57.4. The predicted octanol–water partition coefficient (Wildman–Crippen LogP) is 16.9. The van der Waals surface area contributed by atoms with Crippen LogP contribution in [0, 0.1) is 11.8 Å². The first-order valence-corrected chi connectivity index (χ1v) is 26.3. The molecule has 0 saturated heterocycles. The molecule has 59 heavy (non-hydrogen) atoms. The van der Waals surface area contributed by atoms with Crippen LogP contribution in [-0.4, -0.2) is 37.2 Å². The van der Waals surface area contributed by atoms with Crippen LogP contribution < -0.4 is 0 Å². The van der Waals surface area contributed by atoms with Crippen LogP contribution in [0.5, 0.6) is 0 Å². The Balaban J connectivity index is 4.29. The van der Waals surface area contributed by atoms with E-state index in [0.29, 0.717) is 19.3 Å². The van der Waals surface area contributed by atoms with Crippen molar-refractivity contribution < 1.29 is 28.6 Å². The van der Waals surface area contributed by atoms with Crippen LogP contribution in [0.3, 0.4) is 0 Å². The second kappa shape index (κ2) is 45.9. The molecule has 0 bridgehead atoms. The van der Waals surface area contributed by atoms with Crippen LogP contribution in [0.4, 0.5) is 0 Å². The molecule has 0 fully saturated rings. The Hall–Kier alpha value is -1.59.